The standard InChI is InChI=1S/C19H18FN3/c20-16-8-6-15(7-9-16)19(10-11-19)21-13-17-12-18(23-22-17)14-4-2-1-3-5-14/h1-9,12,21H,10-11,13H2,(H,22,23). The number of halogens is 1. The van der Waals surface area contributed by atoms with Crippen LogP contribution in [-0.4, -0.2) is 10.2 Å². The van der Waals surface area contributed by atoms with E-state index in [0.717, 1.165) is 41.9 Å². The number of aromatic nitrogens is 2. The average molecular weight is 307 g/mol. The summed E-state index contributed by atoms with van der Waals surface area (Å²) in [5, 5.41) is 11.1. The van der Waals surface area contributed by atoms with Gasteiger partial charge in [-0.05, 0) is 36.6 Å². The zero-order valence-corrected chi connectivity index (χ0v) is 12.7. The van der Waals surface area contributed by atoms with Gasteiger partial charge in [0, 0.05) is 23.3 Å². The molecule has 3 aromatic rings. The summed E-state index contributed by atoms with van der Waals surface area (Å²) in [5.41, 5.74) is 4.26. The molecule has 4 rings (SSSR count). The number of hydrogen-bond donors (Lipinski definition) is 2. The molecule has 1 aromatic heterocycles. The van der Waals surface area contributed by atoms with Crippen LogP contribution in [0, 0.1) is 5.82 Å². The summed E-state index contributed by atoms with van der Waals surface area (Å²) in [6.07, 6.45) is 2.16. The Morgan fingerprint density at radius 1 is 1.04 bits per heavy atom. The first kappa shape index (κ1) is 14.2. The van der Waals surface area contributed by atoms with Crippen molar-refractivity contribution in [3.05, 3.63) is 77.7 Å². The summed E-state index contributed by atoms with van der Waals surface area (Å²) in [7, 11) is 0. The highest BCUT2D eigenvalue weighted by Gasteiger charge is 2.43. The van der Waals surface area contributed by atoms with Gasteiger partial charge in [0.1, 0.15) is 5.82 Å². The van der Waals surface area contributed by atoms with E-state index in [2.05, 4.69) is 21.6 Å². The molecule has 0 bridgehead atoms. The van der Waals surface area contributed by atoms with Crippen molar-refractivity contribution in [3.63, 3.8) is 0 Å². The number of rotatable bonds is 5. The van der Waals surface area contributed by atoms with Crippen LogP contribution in [0.5, 0.6) is 0 Å². The van der Waals surface area contributed by atoms with Gasteiger partial charge < -0.3 is 5.32 Å². The number of hydrogen-bond acceptors (Lipinski definition) is 2. The van der Waals surface area contributed by atoms with Crippen LogP contribution in [0.25, 0.3) is 11.3 Å². The van der Waals surface area contributed by atoms with E-state index in [-0.39, 0.29) is 11.4 Å². The summed E-state index contributed by atoms with van der Waals surface area (Å²) in [6.45, 7) is 0.719. The van der Waals surface area contributed by atoms with E-state index in [1.165, 1.54) is 12.1 Å². The van der Waals surface area contributed by atoms with Gasteiger partial charge in [-0.1, -0.05) is 42.5 Å². The second kappa shape index (κ2) is 5.63. The number of benzene rings is 2. The number of nitrogens with zero attached hydrogens (tertiary/aromatic N) is 1. The quantitative estimate of drug-likeness (QED) is 0.748. The van der Waals surface area contributed by atoms with Crippen LogP contribution in [0.3, 0.4) is 0 Å². The first-order valence-electron chi connectivity index (χ1n) is 7.86. The molecule has 23 heavy (non-hydrogen) atoms. The van der Waals surface area contributed by atoms with Crippen molar-refractivity contribution in [2.24, 2.45) is 0 Å². The van der Waals surface area contributed by atoms with E-state index in [4.69, 9.17) is 0 Å². The van der Waals surface area contributed by atoms with Crippen molar-refractivity contribution in [2.75, 3.05) is 0 Å². The number of H-pyrrole nitrogens is 1. The molecule has 0 unspecified atom stereocenters. The average Bonchev–Trinajstić information content (AvgIpc) is 3.23. The molecule has 116 valence electrons. The molecule has 1 aliphatic carbocycles. The summed E-state index contributed by atoms with van der Waals surface area (Å²) in [5.74, 6) is -0.189. The predicted molar refractivity (Wildman–Crippen MR) is 88.2 cm³/mol. The maximum atomic E-state index is 13.1. The van der Waals surface area contributed by atoms with Gasteiger partial charge in [0.15, 0.2) is 0 Å². The molecule has 2 aromatic carbocycles. The van der Waals surface area contributed by atoms with Crippen molar-refractivity contribution in [3.8, 4) is 11.3 Å². The molecule has 1 heterocycles. The zero-order chi connectivity index (χ0) is 15.7. The molecule has 4 heteroatoms. The summed E-state index contributed by atoms with van der Waals surface area (Å²) in [4.78, 5) is 0. The fourth-order valence-corrected chi connectivity index (χ4v) is 2.93. The number of nitrogens with one attached hydrogen (secondary N) is 2. The highest BCUT2D eigenvalue weighted by Crippen LogP contribution is 2.45. The third kappa shape index (κ3) is 2.90. The Bertz CT molecular complexity index is 789. The van der Waals surface area contributed by atoms with Gasteiger partial charge >= 0.3 is 0 Å². The van der Waals surface area contributed by atoms with Gasteiger partial charge in [0.05, 0.1) is 5.69 Å². The zero-order valence-electron chi connectivity index (χ0n) is 12.7. The summed E-state index contributed by atoms with van der Waals surface area (Å²) in [6, 6.07) is 19.0. The van der Waals surface area contributed by atoms with Crippen molar-refractivity contribution in [1.82, 2.24) is 15.5 Å². The lowest BCUT2D eigenvalue weighted by atomic mass is 10.0. The molecular formula is C19H18FN3. The van der Waals surface area contributed by atoms with Gasteiger partial charge in [-0.25, -0.2) is 4.39 Å². The fraction of sp³-hybridized carbons (Fsp3) is 0.211. The number of aromatic amines is 1. The second-order valence-electron chi connectivity index (χ2n) is 6.09. The normalized spacial score (nSPS) is 15.5. The molecule has 3 nitrogen and oxygen atoms in total. The maximum Gasteiger partial charge on any atom is 0.123 e. The van der Waals surface area contributed by atoms with Crippen molar-refractivity contribution in [2.45, 2.75) is 24.9 Å². The highest BCUT2D eigenvalue weighted by atomic mass is 19.1. The molecule has 2 N–H and O–H groups in total. The minimum absolute atomic E-state index is 0.00821. The van der Waals surface area contributed by atoms with Crippen LogP contribution < -0.4 is 5.32 Å². The molecule has 0 radical (unpaired) electrons. The fourth-order valence-electron chi connectivity index (χ4n) is 2.93. The lowest BCUT2D eigenvalue weighted by Crippen LogP contribution is -2.28. The van der Waals surface area contributed by atoms with Gasteiger partial charge in [0.2, 0.25) is 0 Å². The third-order valence-electron chi connectivity index (χ3n) is 4.46. The van der Waals surface area contributed by atoms with E-state index in [0.29, 0.717) is 0 Å². The first-order valence-corrected chi connectivity index (χ1v) is 7.86. The van der Waals surface area contributed by atoms with Crippen LogP contribution in [0.2, 0.25) is 0 Å². The second-order valence-corrected chi connectivity index (χ2v) is 6.09. The van der Waals surface area contributed by atoms with Crippen molar-refractivity contribution >= 4 is 0 Å². The smallest absolute Gasteiger partial charge is 0.123 e. The SMILES string of the molecule is Fc1ccc(C2(NCc3cc(-c4ccccc4)n[nH]3)CC2)cc1. The van der Waals surface area contributed by atoms with E-state index in [1.54, 1.807) is 0 Å². The molecule has 1 saturated carbocycles. The van der Waals surface area contributed by atoms with E-state index >= 15 is 0 Å². The molecular weight excluding hydrogens is 289 g/mol. The molecule has 0 spiro atoms. The minimum Gasteiger partial charge on any atom is -0.302 e. The first-order chi connectivity index (χ1) is 11.3. The lowest BCUT2D eigenvalue weighted by Gasteiger charge is -2.17. The molecule has 0 aliphatic heterocycles. The van der Waals surface area contributed by atoms with Crippen LogP contribution in [0.4, 0.5) is 4.39 Å². The monoisotopic (exact) mass is 307 g/mol. The highest BCUT2D eigenvalue weighted by molar-refractivity contribution is 5.58. The van der Waals surface area contributed by atoms with Crippen LogP contribution in [-0.2, 0) is 12.1 Å². The van der Waals surface area contributed by atoms with Gasteiger partial charge in [-0.3, -0.25) is 5.10 Å². The van der Waals surface area contributed by atoms with Crippen molar-refractivity contribution < 1.29 is 4.39 Å². The van der Waals surface area contributed by atoms with Crippen LogP contribution >= 0.6 is 0 Å². The summed E-state index contributed by atoms with van der Waals surface area (Å²) >= 11 is 0. The molecule has 0 atom stereocenters. The molecule has 0 saturated heterocycles. The molecule has 1 aliphatic rings. The lowest BCUT2D eigenvalue weighted by molar-refractivity contribution is 0.511. The Morgan fingerprint density at radius 2 is 1.78 bits per heavy atom. The Labute approximate surface area is 134 Å². The molecule has 0 amide bonds. The minimum atomic E-state index is -0.189. The van der Waals surface area contributed by atoms with Gasteiger partial charge in [-0.2, -0.15) is 5.10 Å². The van der Waals surface area contributed by atoms with E-state index in [1.807, 2.05) is 42.5 Å². The molecule has 1 fully saturated rings. The van der Waals surface area contributed by atoms with E-state index < -0.39 is 0 Å². The van der Waals surface area contributed by atoms with Crippen molar-refractivity contribution in [1.29, 1.82) is 0 Å². The third-order valence-corrected chi connectivity index (χ3v) is 4.46. The Hall–Kier alpha value is -2.46. The topological polar surface area (TPSA) is 40.7 Å². The van der Waals surface area contributed by atoms with Gasteiger partial charge in [0.25, 0.3) is 0 Å². The summed E-state index contributed by atoms with van der Waals surface area (Å²) < 4.78 is 13.1. The largest absolute Gasteiger partial charge is 0.302 e. The van der Waals surface area contributed by atoms with Crippen LogP contribution in [0.15, 0.2) is 60.7 Å². The Kier molecular flexibility index (Phi) is 3.46. The Balaban J connectivity index is 1.45. The Morgan fingerprint density at radius 3 is 2.48 bits per heavy atom. The maximum absolute atomic E-state index is 13.1. The van der Waals surface area contributed by atoms with E-state index in [9.17, 15) is 4.39 Å². The van der Waals surface area contributed by atoms with Gasteiger partial charge in [-0.15, -0.1) is 0 Å². The predicted octanol–water partition coefficient (Wildman–Crippen LogP) is 3.99. The van der Waals surface area contributed by atoms with Crippen LogP contribution in [0.1, 0.15) is 24.1 Å².